The van der Waals surface area contributed by atoms with Gasteiger partial charge in [-0.15, -0.1) is 0 Å². The zero-order valence-electron chi connectivity index (χ0n) is 18.3. The van der Waals surface area contributed by atoms with Gasteiger partial charge in [-0.3, -0.25) is 4.79 Å². The molecular weight excluding hydrogens is 402 g/mol. The first-order valence-electron chi connectivity index (χ1n) is 9.55. The van der Waals surface area contributed by atoms with Gasteiger partial charge in [0, 0.05) is 31.3 Å². The van der Waals surface area contributed by atoms with E-state index in [-0.39, 0.29) is 30.5 Å². The molecule has 0 radical (unpaired) electrons. The molecule has 3 N–H and O–H groups in total. The molecule has 0 saturated heterocycles. The molecule has 1 aromatic carbocycles. The summed E-state index contributed by atoms with van der Waals surface area (Å²) in [5, 5.41) is 2.76. The first kappa shape index (κ1) is 23.6. The quantitative estimate of drug-likeness (QED) is 0.666. The summed E-state index contributed by atoms with van der Waals surface area (Å²) in [5.41, 5.74) is 6.33. The lowest BCUT2D eigenvalue weighted by Crippen LogP contribution is -2.39. The molecular formula is C21H27N5O5. The van der Waals surface area contributed by atoms with Crippen molar-refractivity contribution in [1.82, 2.24) is 20.2 Å². The van der Waals surface area contributed by atoms with Crippen molar-refractivity contribution in [2.24, 2.45) is 0 Å². The molecule has 2 aromatic rings. The molecule has 0 aliphatic rings. The highest BCUT2D eigenvalue weighted by Gasteiger charge is 2.19. The van der Waals surface area contributed by atoms with Gasteiger partial charge in [0.15, 0.2) is 11.5 Å². The van der Waals surface area contributed by atoms with Crippen molar-refractivity contribution in [3.05, 3.63) is 41.7 Å². The number of anilines is 1. The van der Waals surface area contributed by atoms with Crippen LogP contribution in [0.15, 0.2) is 30.5 Å². The summed E-state index contributed by atoms with van der Waals surface area (Å²) in [6, 6.07) is 6.68. The van der Waals surface area contributed by atoms with E-state index in [1.54, 1.807) is 52.1 Å². The zero-order chi connectivity index (χ0) is 23.2. The first-order valence-corrected chi connectivity index (χ1v) is 9.55. The van der Waals surface area contributed by atoms with Gasteiger partial charge < -0.3 is 25.4 Å². The van der Waals surface area contributed by atoms with Crippen molar-refractivity contribution in [2.45, 2.75) is 26.4 Å². The maximum atomic E-state index is 12.5. The first-order chi connectivity index (χ1) is 14.5. The number of nitrogens with one attached hydrogen (secondary N) is 1. The molecule has 166 valence electrons. The van der Waals surface area contributed by atoms with Gasteiger partial charge in [0.05, 0.1) is 19.0 Å². The number of nitrogens with two attached hydrogens (primary N) is 1. The lowest BCUT2D eigenvalue weighted by Gasteiger charge is -2.24. The zero-order valence-corrected chi connectivity index (χ0v) is 18.3. The van der Waals surface area contributed by atoms with Crippen LogP contribution in [0.2, 0.25) is 0 Å². The molecule has 0 fully saturated rings. The number of ether oxygens (including phenoxy) is 2. The van der Waals surface area contributed by atoms with Crippen LogP contribution < -0.4 is 11.1 Å². The van der Waals surface area contributed by atoms with Crippen LogP contribution in [0.3, 0.4) is 0 Å². The molecule has 10 heteroatoms. The van der Waals surface area contributed by atoms with E-state index >= 15 is 0 Å². The molecule has 31 heavy (non-hydrogen) atoms. The van der Waals surface area contributed by atoms with Gasteiger partial charge >= 0.3 is 12.1 Å². The second-order valence-electron chi connectivity index (χ2n) is 7.72. The molecule has 0 bridgehead atoms. The highest BCUT2D eigenvalue weighted by Crippen LogP contribution is 2.20. The van der Waals surface area contributed by atoms with Gasteiger partial charge in [-0.1, -0.05) is 12.1 Å². The van der Waals surface area contributed by atoms with Crippen molar-refractivity contribution in [3.8, 4) is 11.3 Å². The average molecular weight is 429 g/mol. The fourth-order valence-electron chi connectivity index (χ4n) is 2.47. The summed E-state index contributed by atoms with van der Waals surface area (Å²) in [6.45, 7) is 5.88. The molecule has 0 saturated carbocycles. The van der Waals surface area contributed by atoms with E-state index in [1.165, 1.54) is 18.2 Å². The van der Waals surface area contributed by atoms with E-state index in [2.05, 4.69) is 20.0 Å². The Morgan fingerprint density at radius 2 is 1.94 bits per heavy atom. The number of amides is 2. The van der Waals surface area contributed by atoms with E-state index in [1.807, 2.05) is 0 Å². The van der Waals surface area contributed by atoms with Crippen molar-refractivity contribution < 1.29 is 23.9 Å². The summed E-state index contributed by atoms with van der Waals surface area (Å²) >= 11 is 0. The predicted molar refractivity (Wildman–Crippen MR) is 114 cm³/mol. The fourth-order valence-corrected chi connectivity index (χ4v) is 2.47. The van der Waals surface area contributed by atoms with Crippen LogP contribution >= 0.6 is 0 Å². The van der Waals surface area contributed by atoms with Gasteiger partial charge in [0.25, 0.3) is 5.91 Å². The number of methoxy groups -OCH3 is 1. The van der Waals surface area contributed by atoms with Gasteiger partial charge in [-0.25, -0.2) is 19.6 Å². The molecule has 2 amide bonds. The van der Waals surface area contributed by atoms with Crippen LogP contribution in [-0.4, -0.2) is 65.7 Å². The van der Waals surface area contributed by atoms with E-state index in [4.69, 9.17) is 10.5 Å². The third-order valence-electron chi connectivity index (χ3n) is 4.04. The van der Waals surface area contributed by atoms with E-state index < -0.39 is 17.7 Å². The molecule has 2 rings (SSSR count). The predicted octanol–water partition coefficient (Wildman–Crippen LogP) is 2.11. The lowest BCUT2D eigenvalue weighted by molar-refractivity contribution is 0.0299. The number of esters is 1. The summed E-state index contributed by atoms with van der Waals surface area (Å²) in [6.07, 6.45) is 0.946. The number of nitrogen functional groups attached to an aromatic ring is 1. The number of hydrogen-bond acceptors (Lipinski definition) is 8. The maximum absolute atomic E-state index is 12.5. The minimum absolute atomic E-state index is 0.0430. The Labute approximate surface area is 180 Å². The van der Waals surface area contributed by atoms with Crippen LogP contribution in [0.5, 0.6) is 0 Å². The van der Waals surface area contributed by atoms with Crippen LogP contribution in [0.4, 0.5) is 10.6 Å². The van der Waals surface area contributed by atoms with E-state index in [9.17, 15) is 14.4 Å². The molecule has 1 aromatic heterocycles. The number of hydrogen-bond donors (Lipinski definition) is 2. The average Bonchev–Trinajstić information content (AvgIpc) is 2.72. The Bertz CT molecular complexity index is 971. The normalized spacial score (nSPS) is 10.9. The van der Waals surface area contributed by atoms with Crippen LogP contribution in [-0.2, 0) is 9.47 Å². The van der Waals surface area contributed by atoms with E-state index in [0.29, 0.717) is 16.8 Å². The third-order valence-corrected chi connectivity index (χ3v) is 4.04. The highest BCUT2D eigenvalue weighted by atomic mass is 16.6. The largest absolute Gasteiger partial charge is 0.464 e. The number of benzene rings is 1. The summed E-state index contributed by atoms with van der Waals surface area (Å²) in [5.74, 6) is -1.07. The number of rotatable bonds is 6. The monoisotopic (exact) mass is 429 g/mol. The molecule has 0 aliphatic heterocycles. The second kappa shape index (κ2) is 9.88. The lowest BCUT2D eigenvalue weighted by atomic mass is 10.1. The Morgan fingerprint density at radius 3 is 2.58 bits per heavy atom. The van der Waals surface area contributed by atoms with Gasteiger partial charge in [-0.2, -0.15) is 0 Å². The number of carbonyl (C=O) groups is 3. The second-order valence-corrected chi connectivity index (χ2v) is 7.72. The number of nitrogens with zero attached hydrogens (tertiary/aromatic N) is 3. The molecule has 1 heterocycles. The maximum Gasteiger partial charge on any atom is 0.410 e. The van der Waals surface area contributed by atoms with Gasteiger partial charge in [-0.05, 0) is 32.9 Å². The molecule has 10 nitrogen and oxygen atoms in total. The van der Waals surface area contributed by atoms with Crippen molar-refractivity contribution >= 4 is 23.8 Å². The summed E-state index contributed by atoms with van der Waals surface area (Å²) < 4.78 is 9.92. The SMILES string of the molecule is COC(=O)c1nc(-c2cccc(C(=O)NCCN(C)C(=O)OC(C)(C)C)c2)cnc1N. The molecule has 0 atom stereocenters. The standard InChI is InChI=1S/C21H27N5O5/c1-21(2,3)31-20(29)26(4)10-9-23-18(27)14-8-6-7-13(11-14)15-12-24-17(22)16(25-15)19(28)30-5/h6-8,11-12H,9-10H2,1-5H3,(H2,22,24)(H,23,27). The summed E-state index contributed by atoms with van der Waals surface area (Å²) in [7, 11) is 2.82. The van der Waals surface area contributed by atoms with Gasteiger partial charge in [0.2, 0.25) is 0 Å². The van der Waals surface area contributed by atoms with Crippen LogP contribution in [0, 0.1) is 0 Å². The van der Waals surface area contributed by atoms with Crippen LogP contribution in [0.25, 0.3) is 11.3 Å². The van der Waals surface area contributed by atoms with Crippen molar-refractivity contribution in [3.63, 3.8) is 0 Å². The van der Waals surface area contributed by atoms with Gasteiger partial charge in [0.1, 0.15) is 5.60 Å². The van der Waals surface area contributed by atoms with E-state index in [0.717, 1.165) is 0 Å². The fraction of sp³-hybridized carbons (Fsp3) is 0.381. The Morgan fingerprint density at radius 1 is 1.23 bits per heavy atom. The topological polar surface area (TPSA) is 137 Å². The minimum atomic E-state index is -0.699. The Hall–Kier alpha value is -3.69. The Balaban J connectivity index is 2.04. The smallest absolute Gasteiger partial charge is 0.410 e. The number of aromatic nitrogens is 2. The molecule has 0 aliphatic carbocycles. The van der Waals surface area contributed by atoms with Crippen molar-refractivity contribution in [1.29, 1.82) is 0 Å². The van der Waals surface area contributed by atoms with Crippen molar-refractivity contribution in [2.75, 3.05) is 33.0 Å². The number of likely N-dealkylation sites (N-methyl/N-ethyl adjacent to an activating group) is 1. The van der Waals surface area contributed by atoms with Crippen LogP contribution in [0.1, 0.15) is 41.6 Å². The highest BCUT2D eigenvalue weighted by molar-refractivity contribution is 5.95. The molecule has 0 spiro atoms. The minimum Gasteiger partial charge on any atom is -0.464 e. The molecule has 0 unspecified atom stereocenters. The Kier molecular flexibility index (Phi) is 7.51. The summed E-state index contributed by atoms with van der Waals surface area (Å²) in [4.78, 5) is 45.8. The number of carbonyl (C=O) groups excluding carboxylic acids is 3. The third kappa shape index (κ3) is 6.66.